The fourth-order valence-corrected chi connectivity index (χ4v) is 3.16. The highest BCUT2D eigenvalue weighted by molar-refractivity contribution is 7.51. The third-order valence-corrected chi connectivity index (χ3v) is 3.95. The van der Waals surface area contributed by atoms with Crippen molar-refractivity contribution in [2.24, 2.45) is 0 Å². The number of carboxylic acids is 1. The molecule has 0 spiro atoms. The SMILES string of the molecule is CC(C)OP(=O)(N[C@@H](CO)C(=O)NCC(=O)O)OC(C)C. The Kier molecular flexibility index (Phi) is 8.68. The molecule has 0 rings (SSSR count). The van der Waals surface area contributed by atoms with Gasteiger partial charge in [0.05, 0.1) is 18.8 Å². The van der Waals surface area contributed by atoms with Gasteiger partial charge in [0.1, 0.15) is 12.6 Å². The average Bonchev–Trinajstić information content (AvgIpc) is 2.30. The lowest BCUT2D eigenvalue weighted by molar-refractivity contribution is -0.138. The molecule has 0 aromatic carbocycles. The second-order valence-electron chi connectivity index (χ2n) is 4.78. The minimum absolute atomic E-state index is 0.441. The van der Waals surface area contributed by atoms with E-state index in [1.165, 1.54) is 0 Å². The van der Waals surface area contributed by atoms with Gasteiger partial charge in [-0.05, 0) is 27.7 Å². The van der Waals surface area contributed by atoms with Gasteiger partial charge in [-0.2, -0.15) is 0 Å². The van der Waals surface area contributed by atoms with E-state index in [1.807, 2.05) is 0 Å². The third-order valence-electron chi connectivity index (χ3n) is 1.93. The second kappa shape index (κ2) is 9.11. The molecule has 0 heterocycles. The van der Waals surface area contributed by atoms with Crippen molar-refractivity contribution in [1.82, 2.24) is 10.4 Å². The maximum Gasteiger partial charge on any atom is 0.406 e. The molecule has 124 valence electrons. The number of hydrogen-bond donors (Lipinski definition) is 4. The summed E-state index contributed by atoms with van der Waals surface area (Å²) in [4.78, 5) is 22.1. The first-order chi connectivity index (χ1) is 9.59. The maximum absolute atomic E-state index is 12.5. The van der Waals surface area contributed by atoms with Crippen molar-refractivity contribution in [3.05, 3.63) is 0 Å². The molecule has 0 aromatic heterocycles. The summed E-state index contributed by atoms with van der Waals surface area (Å²) in [5.74, 6) is -2.06. The van der Waals surface area contributed by atoms with Crippen LogP contribution in [0.15, 0.2) is 0 Å². The smallest absolute Gasteiger partial charge is 0.406 e. The van der Waals surface area contributed by atoms with E-state index in [-0.39, 0.29) is 0 Å². The number of carbonyl (C=O) groups excluding carboxylic acids is 1. The Bertz CT molecular complexity index is 386. The molecular weight excluding hydrogens is 303 g/mol. The minimum atomic E-state index is -3.82. The molecule has 0 aliphatic heterocycles. The van der Waals surface area contributed by atoms with Crippen LogP contribution in [0.2, 0.25) is 0 Å². The molecule has 0 saturated carbocycles. The number of aliphatic hydroxyl groups is 1. The number of amides is 1. The lowest BCUT2D eigenvalue weighted by atomic mass is 10.3. The fourth-order valence-electron chi connectivity index (χ4n) is 1.30. The van der Waals surface area contributed by atoms with Crippen molar-refractivity contribution in [2.45, 2.75) is 45.9 Å². The van der Waals surface area contributed by atoms with Crippen molar-refractivity contribution in [2.75, 3.05) is 13.2 Å². The Morgan fingerprint density at radius 1 is 1.14 bits per heavy atom. The molecule has 0 radical (unpaired) electrons. The van der Waals surface area contributed by atoms with E-state index >= 15 is 0 Å². The lowest BCUT2D eigenvalue weighted by Crippen LogP contribution is -2.47. The Morgan fingerprint density at radius 3 is 1.95 bits per heavy atom. The highest BCUT2D eigenvalue weighted by Gasteiger charge is 2.33. The van der Waals surface area contributed by atoms with Crippen LogP contribution in [-0.4, -0.2) is 53.5 Å². The molecule has 0 unspecified atom stereocenters. The van der Waals surface area contributed by atoms with E-state index in [0.717, 1.165) is 0 Å². The van der Waals surface area contributed by atoms with E-state index in [0.29, 0.717) is 0 Å². The van der Waals surface area contributed by atoms with E-state index < -0.39 is 51.0 Å². The summed E-state index contributed by atoms with van der Waals surface area (Å²) in [6.45, 7) is 5.23. The average molecular weight is 326 g/mol. The summed E-state index contributed by atoms with van der Waals surface area (Å²) in [6.07, 6.45) is -0.882. The minimum Gasteiger partial charge on any atom is -0.480 e. The van der Waals surface area contributed by atoms with Crippen LogP contribution >= 0.6 is 7.75 Å². The van der Waals surface area contributed by atoms with Crippen LogP contribution < -0.4 is 10.4 Å². The number of hydrogen-bond acceptors (Lipinski definition) is 6. The van der Waals surface area contributed by atoms with Crippen LogP contribution in [0.5, 0.6) is 0 Å². The summed E-state index contributed by atoms with van der Waals surface area (Å²) in [5, 5.41) is 22.1. The number of nitrogens with one attached hydrogen (secondary N) is 2. The van der Waals surface area contributed by atoms with Gasteiger partial charge in [-0.15, -0.1) is 0 Å². The van der Waals surface area contributed by atoms with Gasteiger partial charge in [0.2, 0.25) is 5.91 Å². The van der Waals surface area contributed by atoms with Gasteiger partial charge in [-0.25, -0.2) is 9.65 Å². The standard InChI is InChI=1S/C11H23N2O7P/c1-7(2)19-21(18,20-8(3)4)13-9(6-14)11(17)12-5-10(15)16/h7-9,14H,5-6H2,1-4H3,(H,12,17)(H,13,18)(H,15,16)/t9-/m0/s1. The Labute approximate surface area is 123 Å². The van der Waals surface area contributed by atoms with Crippen molar-refractivity contribution in [3.63, 3.8) is 0 Å². The molecule has 4 N–H and O–H groups in total. The molecule has 21 heavy (non-hydrogen) atoms. The lowest BCUT2D eigenvalue weighted by Gasteiger charge is -2.26. The summed E-state index contributed by atoms with van der Waals surface area (Å²) in [6, 6.07) is -1.31. The summed E-state index contributed by atoms with van der Waals surface area (Å²) in [5.41, 5.74) is 0. The van der Waals surface area contributed by atoms with Crippen LogP contribution in [0, 0.1) is 0 Å². The number of rotatable bonds is 10. The van der Waals surface area contributed by atoms with Crippen molar-refractivity contribution in [3.8, 4) is 0 Å². The van der Waals surface area contributed by atoms with E-state index in [4.69, 9.17) is 14.2 Å². The van der Waals surface area contributed by atoms with Gasteiger partial charge in [-0.1, -0.05) is 0 Å². The molecule has 0 saturated heterocycles. The van der Waals surface area contributed by atoms with Crippen LogP contribution in [0.4, 0.5) is 0 Å². The maximum atomic E-state index is 12.5. The molecule has 0 aliphatic carbocycles. The fraction of sp³-hybridized carbons (Fsp3) is 0.818. The zero-order valence-electron chi connectivity index (χ0n) is 12.5. The van der Waals surface area contributed by atoms with E-state index in [1.54, 1.807) is 27.7 Å². The molecule has 0 aromatic rings. The molecule has 10 heteroatoms. The molecule has 1 amide bonds. The Hall–Kier alpha value is -0.990. The number of carbonyl (C=O) groups is 2. The highest BCUT2D eigenvalue weighted by Crippen LogP contribution is 2.46. The molecule has 0 aliphatic rings. The highest BCUT2D eigenvalue weighted by atomic mass is 31.2. The van der Waals surface area contributed by atoms with Crippen molar-refractivity contribution >= 4 is 19.6 Å². The Balaban J connectivity index is 4.88. The van der Waals surface area contributed by atoms with Crippen molar-refractivity contribution in [1.29, 1.82) is 0 Å². The van der Waals surface area contributed by atoms with E-state index in [2.05, 4.69) is 10.4 Å². The van der Waals surface area contributed by atoms with Gasteiger partial charge in [0.25, 0.3) is 0 Å². The monoisotopic (exact) mass is 326 g/mol. The normalized spacial score (nSPS) is 13.5. The molecule has 0 fully saturated rings. The van der Waals surface area contributed by atoms with Gasteiger partial charge in [0.15, 0.2) is 0 Å². The van der Waals surface area contributed by atoms with Crippen LogP contribution in [0.3, 0.4) is 0 Å². The van der Waals surface area contributed by atoms with Crippen molar-refractivity contribution < 1.29 is 33.4 Å². The first-order valence-electron chi connectivity index (χ1n) is 6.44. The van der Waals surface area contributed by atoms with E-state index in [9.17, 15) is 19.3 Å². The number of aliphatic hydroxyl groups excluding tert-OH is 1. The summed E-state index contributed by atoms with van der Waals surface area (Å²) >= 11 is 0. The topological polar surface area (TPSA) is 134 Å². The van der Waals surface area contributed by atoms with Crippen LogP contribution in [0.25, 0.3) is 0 Å². The molecular formula is C11H23N2O7P. The third kappa shape index (κ3) is 8.79. The predicted molar refractivity (Wildman–Crippen MR) is 74.7 cm³/mol. The molecule has 0 bridgehead atoms. The van der Waals surface area contributed by atoms with Gasteiger partial charge >= 0.3 is 13.7 Å². The van der Waals surface area contributed by atoms with Gasteiger partial charge < -0.3 is 15.5 Å². The van der Waals surface area contributed by atoms with Crippen LogP contribution in [-0.2, 0) is 23.2 Å². The first kappa shape index (κ1) is 20.0. The zero-order chi connectivity index (χ0) is 16.6. The van der Waals surface area contributed by atoms with Gasteiger partial charge in [0, 0.05) is 0 Å². The quantitative estimate of drug-likeness (QED) is 0.415. The molecule has 9 nitrogen and oxygen atoms in total. The predicted octanol–water partition coefficient (Wildman–Crippen LogP) is 0.0958. The number of aliphatic carboxylic acids is 1. The summed E-state index contributed by atoms with van der Waals surface area (Å²) < 4.78 is 22.8. The van der Waals surface area contributed by atoms with Gasteiger partial charge in [-0.3, -0.25) is 18.6 Å². The largest absolute Gasteiger partial charge is 0.480 e. The Morgan fingerprint density at radius 2 is 1.62 bits per heavy atom. The molecule has 1 atom stereocenters. The second-order valence-corrected chi connectivity index (χ2v) is 6.46. The summed E-state index contributed by atoms with van der Waals surface area (Å²) in [7, 11) is -3.82. The first-order valence-corrected chi connectivity index (χ1v) is 7.99. The zero-order valence-corrected chi connectivity index (χ0v) is 13.4. The number of carboxylic acid groups (broad SMARTS) is 1. The van der Waals surface area contributed by atoms with Crippen LogP contribution in [0.1, 0.15) is 27.7 Å².